The number of esters is 3. The van der Waals surface area contributed by atoms with Gasteiger partial charge in [-0.3, -0.25) is 14.4 Å². The van der Waals surface area contributed by atoms with Crippen molar-refractivity contribution < 1.29 is 28.6 Å². The summed E-state index contributed by atoms with van der Waals surface area (Å²) in [5.41, 5.74) is 0. The molecule has 0 rings (SSSR count). The van der Waals surface area contributed by atoms with Gasteiger partial charge < -0.3 is 14.2 Å². The average Bonchev–Trinajstić information content (AvgIpc) is 3.47. The number of unbranched alkanes of at least 4 members (excludes halogenated alkanes) is 55. The summed E-state index contributed by atoms with van der Waals surface area (Å²) in [6.45, 7) is 6.69. The fraction of sp³-hybridized carbons (Fsp3) is 0.908. The van der Waals surface area contributed by atoms with Gasteiger partial charge in [0, 0.05) is 19.3 Å². The van der Waals surface area contributed by atoms with E-state index in [1.165, 1.54) is 321 Å². The zero-order valence-electron chi connectivity index (χ0n) is 55.8. The molecular weight excluding hydrogens is 1010 g/mol. The molecule has 0 aromatic rings. The molecule has 6 nitrogen and oxygen atoms in total. The molecule has 0 fully saturated rings. The fourth-order valence-corrected chi connectivity index (χ4v) is 11.6. The second-order valence-corrected chi connectivity index (χ2v) is 25.6. The predicted octanol–water partition coefficient (Wildman–Crippen LogP) is 25.7. The van der Waals surface area contributed by atoms with E-state index in [4.69, 9.17) is 14.2 Å². The third-order valence-electron chi connectivity index (χ3n) is 17.2. The van der Waals surface area contributed by atoms with Crippen molar-refractivity contribution in [3.8, 4) is 0 Å². The molecule has 0 N–H and O–H groups in total. The Morgan fingerprint density at radius 2 is 0.439 bits per heavy atom. The maximum atomic E-state index is 12.9. The molecule has 0 spiro atoms. The summed E-state index contributed by atoms with van der Waals surface area (Å²) in [6, 6.07) is 0. The monoisotopic (exact) mass is 1150 g/mol. The number of ether oxygens (including phenoxy) is 3. The van der Waals surface area contributed by atoms with Crippen molar-refractivity contribution in [3.05, 3.63) is 24.3 Å². The minimum atomic E-state index is -0.770. The van der Waals surface area contributed by atoms with Gasteiger partial charge in [0.15, 0.2) is 6.10 Å². The second kappa shape index (κ2) is 71.4. The summed E-state index contributed by atoms with van der Waals surface area (Å²) >= 11 is 0. The molecule has 0 aliphatic carbocycles. The first-order valence-corrected chi connectivity index (χ1v) is 37.3. The van der Waals surface area contributed by atoms with E-state index in [0.29, 0.717) is 19.3 Å². The van der Waals surface area contributed by atoms with Crippen molar-refractivity contribution in [1.29, 1.82) is 0 Å². The lowest BCUT2D eigenvalue weighted by atomic mass is 10.0. The minimum absolute atomic E-state index is 0.0667. The molecule has 1 unspecified atom stereocenters. The molecule has 0 amide bonds. The molecule has 0 aromatic heterocycles. The Hall–Kier alpha value is -2.11. The number of carbonyl (C=O) groups excluding carboxylic acids is 3. The van der Waals surface area contributed by atoms with Crippen LogP contribution in [0.15, 0.2) is 24.3 Å². The van der Waals surface area contributed by atoms with Gasteiger partial charge >= 0.3 is 17.9 Å². The molecule has 6 heteroatoms. The standard InChI is InChI=1S/C76H144O6/c1-4-7-10-13-16-19-22-24-26-28-30-31-32-33-34-35-36-37-38-39-40-41-42-43-44-46-47-49-51-54-57-60-63-66-69-75(78)81-72-73(71-80-74(77)68-65-62-59-56-53-21-18-15-12-9-6-3)82-76(79)70-67-64-61-58-55-52-50-48-45-29-27-25-23-20-17-14-11-8-5-2/h17,20,25,27,73H,4-16,18-19,21-24,26,28-72H2,1-3H3/b20-17-,27-25-. The van der Waals surface area contributed by atoms with E-state index in [1.54, 1.807) is 0 Å². The van der Waals surface area contributed by atoms with Gasteiger partial charge in [-0.1, -0.05) is 379 Å². The van der Waals surface area contributed by atoms with Gasteiger partial charge in [0.1, 0.15) is 13.2 Å². The van der Waals surface area contributed by atoms with E-state index in [9.17, 15) is 14.4 Å². The van der Waals surface area contributed by atoms with Gasteiger partial charge in [-0.25, -0.2) is 0 Å². The summed E-state index contributed by atoms with van der Waals surface area (Å²) in [7, 11) is 0. The summed E-state index contributed by atoms with van der Waals surface area (Å²) in [6.07, 6.45) is 88.2. The van der Waals surface area contributed by atoms with Crippen LogP contribution in [-0.2, 0) is 28.6 Å². The van der Waals surface area contributed by atoms with Crippen LogP contribution in [-0.4, -0.2) is 37.2 Å². The number of hydrogen-bond donors (Lipinski definition) is 0. The lowest BCUT2D eigenvalue weighted by molar-refractivity contribution is -0.167. The van der Waals surface area contributed by atoms with Crippen molar-refractivity contribution >= 4 is 17.9 Å². The van der Waals surface area contributed by atoms with E-state index >= 15 is 0 Å². The lowest BCUT2D eigenvalue weighted by Gasteiger charge is -2.18. The van der Waals surface area contributed by atoms with Crippen LogP contribution in [0.2, 0.25) is 0 Å². The van der Waals surface area contributed by atoms with Crippen molar-refractivity contribution in [2.45, 2.75) is 431 Å². The topological polar surface area (TPSA) is 78.9 Å². The Morgan fingerprint density at radius 1 is 0.244 bits per heavy atom. The molecule has 0 saturated heterocycles. The minimum Gasteiger partial charge on any atom is -0.462 e. The highest BCUT2D eigenvalue weighted by atomic mass is 16.6. The van der Waals surface area contributed by atoms with Crippen LogP contribution in [0.5, 0.6) is 0 Å². The molecule has 0 saturated carbocycles. The van der Waals surface area contributed by atoms with Gasteiger partial charge in [0.2, 0.25) is 0 Å². The average molecular weight is 1150 g/mol. The maximum Gasteiger partial charge on any atom is 0.306 e. The van der Waals surface area contributed by atoms with E-state index in [1.807, 2.05) is 0 Å². The van der Waals surface area contributed by atoms with Gasteiger partial charge in [-0.05, 0) is 51.4 Å². The summed E-state index contributed by atoms with van der Waals surface area (Å²) in [5, 5.41) is 0. The SMILES string of the molecule is CCCCC/C=C\C/C=C\CCCCCCCCCCCC(=O)OC(COC(=O)CCCCCCCCCCCCC)COC(=O)CCCCCCCCCCCCCCCCCCCCCCCCCCCCCCCCCCCC. The Morgan fingerprint density at radius 3 is 0.695 bits per heavy atom. The molecule has 0 aromatic carbocycles. The maximum absolute atomic E-state index is 12.9. The largest absolute Gasteiger partial charge is 0.462 e. The fourth-order valence-electron chi connectivity index (χ4n) is 11.6. The molecule has 0 aliphatic rings. The highest BCUT2D eigenvalue weighted by Crippen LogP contribution is 2.19. The molecule has 82 heavy (non-hydrogen) atoms. The molecule has 0 bridgehead atoms. The second-order valence-electron chi connectivity index (χ2n) is 25.6. The molecule has 0 aliphatic heterocycles. The van der Waals surface area contributed by atoms with Gasteiger partial charge in [-0.15, -0.1) is 0 Å². The molecular formula is C76H144O6. The van der Waals surface area contributed by atoms with Crippen LogP contribution in [0.4, 0.5) is 0 Å². The first-order chi connectivity index (χ1) is 40.5. The summed E-state index contributed by atoms with van der Waals surface area (Å²) in [5.74, 6) is -0.841. The highest BCUT2D eigenvalue weighted by molar-refractivity contribution is 5.71. The normalized spacial score (nSPS) is 12.1. The van der Waals surface area contributed by atoms with Crippen molar-refractivity contribution in [1.82, 2.24) is 0 Å². The Bertz CT molecular complexity index is 1320. The zero-order chi connectivity index (χ0) is 59.2. The number of rotatable bonds is 70. The molecule has 0 heterocycles. The Kier molecular flexibility index (Phi) is 69.5. The van der Waals surface area contributed by atoms with Crippen LogP contribution in [0, 0.1) is 0 Å². The lowest BCUT2D eigenvalue weighted by Crippen LogP contribution is -2.30. The van der Waals surface area contributed by atoms with Crippen LogP contribution < -0.4 is 0 Å². The number of hydrogen-bond acceptors (Lipinski definition) is 6. The van der Waals surface area contributed by atoms with E-state index < -0.39 is 6.10 Å². The van der Waals surface area contributed by atoms with Crippen LogP contribution >= 0.6 is 0 Å². The van der Waals surface area contributed by atoms with Crippen molar-refractivity contribution in [2.24, 2.45) is 0 Å². The van der Waals surface area contributed by atoms with Gasteiger partial charge in [-0.2, -0.15) is 0 Å². The highest BCUT2D eigenvalue weighted by Gasteiger charge is 2.20. The number of allylic oxidation sites excluding steroid dienone is 4. The molecule has 1 atom stereocenters. The van der Waals surface area contributed by atoms with Crippen LogP contribution in [0.3, 0.4) is 0 Å². The first kappa shape index (κ1) is 79.9. The summed E-state index contributed by atoms with van der Waals surface area (Å²) < 4.78 is 17.0. The van der Waals surface area contributed by atoms with Gasteiger partial charge in [0.25, 0.3) is 0 Å². The quantitative estimate of drug-likeness (QED) is 0.0261. The van der Waals surface area contributed by atoms with E-state index in [0.717, 1.165) is 64.2 Å². The third kappa shape index (κ3) is 68.7. The van der Waals surface area contributed by atoms with E-state index in [-0.39, 0.29) is 31.1 Å². The zero-order valence-corrected chi connectivity index (χ0v) is 55.8. The van der Waals surface area contributed by atoms with Crippen molar-refractivity contribution in [2.75, 3.05) is 13.2 Å². The third-order valence-corrected chi connectivity index (χ3v) is 17.2. The summed E-state index contributed by atoms with van der Waals surface area (Å²) in [4.78, 5) is 38.4. The first-order valence-electron chi connectivity index (χ1n) is 37.3. The van der Waals surface area contributed by atoms with Crippen LogP contribution in [0.25, 0.3) is 0 Å². The van der Waals surface area contributed by atoms with E-state index in [2.05, 4.69) is 45.1 Å². The Labute approximate surface area is 513 Å². The van der Waals surface area contributed by atoms with Gasteiger partial charge in [0.05, 0.1) is 0 Å². The smallest absolute Gasteiger partial charge is 0.306 e. The number of carbonyl (C=O) groups is 3. The Balaban J connectivity index is 4.04. The predicted molar refractivity (Wildman–Crippen MR) is 358 cm³/mol. The van der Waals surface area contributed by atoms with Crippen LogP contribution in [0.1, 0.15) is 425 Å². The molecule has 0 radical (unpaired) electrons. The molecule has 484 valence electrons. The van der Waals surface area contributed by atoms with Crippen molar-refractivity contribution in [3.63, 3.8) is 0 Å².